The topological polar surface area (TPSA) is 174 Å². The number of aromatic nitrogens is 4. The summed E-state index contributed by atoms with van der Waals surface area (Å²) in [4.78, 5) is 36.8. The summed E-state index contributed by atoms with van der Waals surface area (Å²) in [5.74, 6) is -1.20. The van der Waals surface area contributed by atoms with Crippen LogP contribution in [0.3, 0.4) is 0 Å². The molecule has 5 atom stereocenters. The highest BCUT2D eigenvalue weighted by Crippen LogP contribution is 2.55. The Morgan fingerprint density at radius 3 is 2.27 bits per heavy atom. The first-order valence-corrected chi connectivity index (χ1v) is 20.5. The number of esters is 1. The summed E-state index contributed by atoms with van der Waals surface area (Å²) in [6.07, 6.45) is 1.37. The van der Waals surface area contributed by atoms with Crippen molar-refractivity contribution in [3.8, 4) is 0 Å². The summed E-state index contributed by atoms with van der Waals surface area (Å²) in [7, 11) is -3.17. The van der Waals surface area contributed by atoms with E-state index < -0.39 is 72.7 Å². The Morgan fingerprint density at radius 2 is 1.69 bits per heavy atom. The molecule has 1 amide bonds. The van der Waals surface area contributed by atoms with Crippen molar-refractivity contribution in [3.63, 3.8) is 0 Å². The lowest BCUT2D eigenvalue weighted by molar-refractivity contribution is -0.206. The summed E-state index contributed by atoms with van der Waals surface area (Å²) in [5.41, 5.74) is -1.13. The first kappa shape index (κ1) is 39.8. The number of fused-ring (bicyclic) bond motifs is 2. The number of hydrogen-bond acceptors (Lipinski definition) is 13. The van der Waals surface area contributed by atoms with Crippen LogP contribution in [-0.4, -0.2) is 110 Å². The van der Waals surface area contributed by atoms with Gasteiger partial charge in [-0.05, 0) is 99.6 Å². The van der Waals surface area contributed by atoms with Gasteiger partial charge >= 0.3 is 12.1 Å². The number of rotatable bonds is 11. The number of aliphatic hydroxyl groups is 1. The number of carbonyl (C=O) groups excluding carboxylic acids is 2. The molecule has 3 fully saturated rings. The first-order valence-electron chi connectivity index (χ1n) is 17.5. The zero-order valence-corrected chi connectivity index (χ0v) is 33.0. The van der Waals surface area contributed by atoms with Crippen LogP contribution < -0.4 is 4.90 Å². The number of ether oxygens (including phenoxy) is 6. The van der Waals surface area contributed by atoms with Crippen LogP contribution in [0, 0.1) is 0 Å². The molecule has 17 heteroatoms. The molecule has 1 saturated carbocycles. The van der Waals surface area contributed by atoms with Crippen LogP contribution in [0.2, 0.25) is 5.28 Å². The minimum Gasteiger partial charge on any atom is -0.460 e. The van der Waals surface area contributed by atoms with Gasteiger partial charge in [-0.1, -0.05) is 12.8 Å². The van der Waals surface area contributed by atoms with Crippen LogP contribution in [0.15, 0.2) is 6.20 Å². The van der Waals surface area contributed by atoms with Crippen molar-refractivity contribution >= 4 is 47.7 Å². The van der Waals surface area contributed by atoms with E-state index in [2.05, 4.69) is 15.1 Å². The van der Waals surface area contributed by atoms with E-state index in [1.807, 2.05) is 20.8 Å². The largest absolute Gasteiger partial charge is 0.460 e. The van der Waals surface area contributed by atoms with Crippen molar-refractivity contribution in [1.82, 2.24) is 19.7 Å². The van der Waals surface area contributed by atoms with E-state index in [-0.39, 0.29) is 36.6 Å². The predicted octanol–water partition coefficient (Wildman–Crippen LogP) is 6.03. The van der Waals surface area contributed by atoms with Gasteiger partial charge in [-0.25, -0.2) is 9.48 Å². The molecule has 1 aliphatic carbocycles. The number of halogens is 1. The van der Waals surface area contributed by atoms with Crippen molar-refractivity contribution in [2.24, 2.45) is 0 Å². The predicted molar refractivity (Wildman–Crippen MR) is 189 cm³/mol. The number of aliphatic hydroxyl groups excluding tert-OH is 1. The Morgan fingerprint density at radius 1 is 1.06 bits per heavy atom. The SMILES string of the molecule is CC(C)(C)OC(=O)CCC(CO)(OC[C@H]1O[C@@H](n2ncc3c(N(C(=O)OC(C)(C)C)C4CCCC4)nc(Cl)nc32)[C@@H]2OC(C)(C)O[C@@H]21)P(C)(C)=O. The Bertz CT molecular complexity index is 1650. The standard InChI is InChI=1S/C34H53ClN5O10P/c1-31(2,3)47-23(42)15-16-34(19-41,51(9,10)44)45-18-22-24-25(49-33(7,8)48-24)28(46-22)40-27-21(17-36-40)26(37-29(35)38-27)39(20-13-11-12-14-20)30(43)50-32(4,5)6/h17,20,22,24-25,28,41H,11-16,18-19H2,1-10H3/t22-,24-,25-,28-,34?/m1/s1. The van der Waals surface area contributed by atoms with Crippen LogP contribution in [0.25, 0.3) is 11.0 Å². The lowest BCUT2D eigenvalue weighted by atomic mass is 10.1. The van der Waals surface area contributed by atoms with Gasteiger partial charge in [-0.2, -0.15) is 15.1 Å². The number of carbonyl (C=O) groups is 2. The molecule has 0 bridgehead atoms. The Balaban J connectivity index is 1.46. The molecule has 2 aromatic heterocycles. The summed E-state index contributed by atoms with van der Waals surface area (Å²) in [5, 5.41) is 14.0. The van der Waals surface area contributed by atoms with E-state index in [0.717, 1.165) is 25.7 Å². The molecule has 2 aliphatic heterocycles. The van der Waals surface area contributed by atoms with Crippen molar-refractivity contribution in [2.45, 2.75) is 147 Å². The molecular formula is C34H53ClN5O10P. The van der Waals surface area contributed by atoms with E-state index in [9.17, 15) is 19.3 Å². The fourth-order valence-corrected chi connectivity index (χ4v) is 8.38. The van der Waals surface area contributed by atoms with Crippen molar-refractivity contribution in [1.29, 1.82) is 0 Å². The normalized spacial score (nSPS) is 25.2. The molecule has 0 aromatic carbocycles. The zero-order chi connectivity index (χ0) is 37.7. The molecule has 0 spiro atoms. The van der Waals surface area contributed by atoms with Gasteiger partial charge in [-0.15, -0.1) is 0 Å². The van der Waals surface area contributed by atoms with Crippen LogP contribution >= 0.6 is 18.7 Å². The van der Waals surface area contributed by atoms with Gasteiger partial charge < -0.3 is 38.1 Å². The highest BCUT2D eigenvalue weighted by atomic mass is 35.5. The maximum Gasteiger partial charge on any atom is 0.416 e. The lowest BCUT2D eigenvalue weighted by Crippen LogP contribution is -2.43. The maximum absolute atomic E-state index is 13.7. The molecule has 4 heterocycles. The Kier molecular flexibility index (Phi) is 11.3. The van der Waals surface area contributed by atoms with E-state index in [0.29, 0.717) is 11.0 Å². The van der Waals surface area contributed by atoms with Crippen molar-refractivity contribution in [3.05, 3.63) is 11.5 Å². The van der Waals surface area contributed by atoms with Gasteiger partial charge in [0.1, 0.15) is 42.0 Å². The number of anilines is 1. The summed E-state index contributed by atoms with van der Waals surface area (Å²) in [6.45, 7) is 16.6. The van der Waals surface area contributed by atoms with Crippen molar-refractivity contribution < 1.29 is 47.7 Å². The molecular weight excluding hydrogens is 705 g/mol. The van der Waals surface area contributed by atoms with Crippen LogP contribution in [0.1, 0.15) is 100 Å². The van der Waals surface area contributed by atoms with E-state index in [1.54, 1.807) is 45.7 Å². The van der Waals surface area contributed by atoms with Gasteiger partial charge in [0, 0.05) is 12.5 Å². The van der Waals surface area contributed by atoms with Crippen molar-refractivity contribution in [2.75, 3.05) is 31.4 Å². The van der Waals surface area contributed by atoms with Gasteiger partial charge in [0.15, 0.2) is 23.5 Å². The van der Waals surface area contributed by atoms with Gasteiger partial charge in [0.25, 0.3) is 0 Å². The van der Waals surface area contributed by atoms with Gasteiger partial charge in [0.2, 0.25) is 5.28 Å². The third kappa shape index (κ3) is 8.88. The summed E-state index contributed by atoms with van der Waals surface area (Å²) < 4.78 is 51.9. The average molecular weight is 758 g/mol. The second-order valence-electron chi connectivity index (χ2n) is 16.4. The Labute approximate surface area is 304 Å². The fourth-order valence-electron chi connectivity index (χ4n) is 6.85. The first-order chi connectivity index (χ1) is 23.5. The molecule has 286 valence electrons. The number of amides is 1. The average Bonchev–Trinajstić information content (AvgIpc) is 3.76. The fraction of sp³-hybridized carbons (Fsp3) is 0.794. The second kappa shape index (κ2) is 14.4. The lowest BCUT2D eigenvalue weighted by Gasteiger charge is -2.37. The van der Waals surface area contributed by atoms with E-state index in [1.165, 1.54) is 18.0 Å². The zero-order valence-electron chi connectivity index (χ0n) is 31.3. The molecule has 5 rings (SSSR count). The maximum atomic E-state index is 13.7. The quantitative estimate of drug-likeness (QED) is 0.160. The van der Waals surface area contributed by atoms with Crippen LogP contribution in [-0.2, 0) is 37.8 Å². The second-order valence-corrected chi connectivity index (χ2v) is 20.3. The number of hydrogen-bond donors (Lipinski definition) is 1. The third-order valence-electron chi connectivity index (χ3n) is 9.17. The van der Waals surface area contributed by atoms with Crippen LogP contribution in [0.4, 0.5) is 10.6 Å². The smallest absolute Gasteiger partial charge is 0.416 e. The van der Waals surface area contributed by atoms with Crippen LogP contribution in [0.5, 0.6) is 0 Å². The molecule has 2 aromatic rings. The minimum absolute atomic E-state index is 0.0348. The molecule has 15 nitrogen and oxygen atoms in total. The monoisotopic (exact) mass is 757 g/mol. The molecule has 1 N–H and O–H groups in total. The van der Waals surface area contributed by atoms with Gasteiger partial charge in [0.05, 0.1) is 24.8 Å². The summed E-state index contributed by atoms with van der Waals surface area (Å²) in [6, 6.07) is -0.145. The number of nitrogens with zero attached hydrogens (tertiary/aromatic N) is 5. The molecule has 51 heavy (non-hydrogen) atoms. The highest BCUT2D eigenvalue weighted by Gasteiger charge is 2.57. The Hall–Kier alpha value is -2.39. The molecule has 1 unspecified atom stereocenters. The highest BCUT2D eigenvalue weighted by molar-refractivity contribution is 7.63. The van der Waals surface area contributed by atoms with E-state index >= 15 is 0 Å². The third-order valence-corrected chi connectivity index (χ3v) is 11.8. The molecule has 0 radical (unpaired) electrons. The molecule has 3 aliphatic rings. The minimum atomic E-state index is -3.17. The van der Waals surface area contributed by atoms with E-state index in [4.69, 9.17) is 40.0 Å². The molecule has 2 saturated heterocycles. The summed E-state index contributed by atoms with van der Waals surface area (Å²) >= 11 is 6.54. The van der Waals surface area contributed by atoms with Gasteiger partial charge in [-0.3, -0.25) is 9.69 Å².